The Hall–Kier alpha value is -1.88. The Morgan fingerprint density at radius 2 is 2.00 bits per heavy atom. The number of aliphatic hydroxyl groups is 1. The van der Waals surface area contributed by atoms with Gasteiger partial charge in [0.15, 0.2) is 0 Å². The van der Waals surface area contributed by atoms with E-state index >= 15 is 0 Å². The molecule has 3 nitrogen and oxygen atoms in total. The van der Waals surface area contributed by atoms with Gasteiger partial charge in [-0.25, -0.2) is 0 Å². The standard InChI is InChI=1S/C19H20O3S/c1-13-4-3-5-17(22-9-8-21-2)19(13)16-12-23-18-7-6-14(11-20)10-15(16)18/h3-7,10,12,20H,8-9,11H2,1-2H3. The van der Waals surface area contributed by atoms with Crippen LogP contribution in [-0.4, -0.2) is 25.4 Å². The van der Waals surface area contributed by atoms with Crippen molar-refractivity contribution in [3.63, 3.8) is 0 Å². The molecule has 4 heteroatoms. The monoisotopic (exact) mass is 328 g/mol. The predicted molar refractivity (Wildman–Crippen MR) is 95.3 cm³/mol. The van der Waals surface area contributed by atoms with Crippen molar-refractivity contribution in [2.75, 3.05) is 20.3 Å². The number of fused-ring (bicyclic) bond motifs is 1. The largest absolute Gasteiger partial charge is 0.491 e. The molecule has 0 radical (unpaired) electrons. The van der Waals surface area contributed by atoms with Gasteiger partial charge in [0.25, 0.3) is 0 Å². The van der Waals surface area contributed by atoms with Crippen molar-refractivity contribution < 1.29 is 14.6 Å². The van der Waals surface area contributed by atoms with E-state index in [4.69, 9.17) is 9.47 Å². The first-order valence-electron chi connectivity index (χ1n) is 7.57. The van der Waals surface area contributed by atoms with Crippen LogP contribution < -0.4 is 4.74 Å². The molecule has 0 fully saturated rings. The highest BCUT2D eigenvalue weighted by Crippen LogP contribution is 2.40. The van der Waals surface area contributed by atoms with Gasteiger partial charge in [-0.15, -0.1) is 11.3 Å². The van der Waals surface area contributed by atoms with E-state index < -0.39 is 0 Å². The summed E-state index contributed by atoms with van der Waals surface area (Å²) in [5, 5.41) is 12.7. The van der Waals surface area contributed by atoms with Crippen molar-refractivity contribution in [3.05, 3.63) is 52.9 Å². The van der Waals surface area contributed by atoms with Crippen molar-refractivity contribution in [1.29, 1.82) is 0 Å². The van der Waals surface area contributed by atoms with Crippen LogP contribution in [0.2, 0.25) is 0 Å². The van der Waals surface area contributed by atoms with Crippen molar-refractivity contribution >= 4 is 21.4 Å². The number of hydrogen-bond donors (Lipinski definition) is 1. The molecule has 0 amide bonds. The van der Waals surface area contributed by atoms with Crippen molar-refractivity contribution in [2.24, 2.45) is 0 Å². The Morgan fingerprint density at radius 3 is 2.78 bits per heavy atom. The van der Waals surface area contributed by atoms with Crippen LogP contribution in [0, 0.1) is 6.92 Å². The summed E-state index contributed by atoms with van der Waals surface area (Å²) in [4.78, 5) is 0. The van der Waals surface area contributed by atoms with Crippen LogP contribution in [0.5, 0.6) is 5.75 Å². The first-order valence-corrected chi connectivity index (χ1v) is 8.45. The van der Waals surface area contributed by atoms with E-state index in [1.165, 1.54) is 10.3 Å². The molecular weight excluding hydrogens is 308 g/mol. The smallest absolute Gasteiger partial charge is 0.127 e. The lowest BCUT2D eigenvalue weighted by molar-refractivity contribution is 0.146. The fourth-order valence-electron chi connectivity index (χ4n) is 2.71. The third-order valence-electron chi connectivity index (χ3n) is 3.87. The molecule has 3 rings (SSSR count). The molecule has 0 spiro atoms. The minimum Gasteiger partial charge on any atom is -0.491 e. The summed E-state index contributed by atoms with van der Waals surface area (Å²) >= 11 is 1.71. The maximum Gasteiger partial charge on any atom is 0.127 e. The lowest BCUT2D eigenvalue weighted by atomic mass is 9.98. The summed E-state index contributed by atoms with van der Waals surface area (Å²) in [6, 6.07) is 12.2. The zero-order valence-electron chi connectivity index (χ0n) is 13.3. The average molecular weight is 328 g/mol. The molecule has 0 bridgehead atoms. The van der Waals surface area contributed by atoms with E-state index in [0.29, 0.717) is 13.2 Å². The molecule has 1 heterocycles. The van der Waals surface area contributed by atoms with Gasteiger partial charge in [0.2, 0.25) is 0 Å². The van der Waals surface area contributed by atoms with Gasteiger partial charge in [0.1, 0.15) is 12.4 Å². The first-order chi connectivity index (χ1) is 11.2. The van der Waals surface area contributed by atoms with E-state index in [2.05, 4.69) is 30.5 Å². The van der Waals surface area contributed by atoms with Gasteiger partial charge in [-0.3, -0.25) is 0 Å². The Bertz CT molecular complexity index is 807. The summed E-state index contributed by atoms with van der Waals surface area (Å²) in [6.07, 6.45) is 0. The molecule has 1 N–H and O–H groups in total. The summed E-state index contributed by atoms with van der Waals surface area (Å²) in [6.45, 7) is 3.23. The number of ether oxygens (including phenoxy) is 2. The molecule has 0 aliphatic carbocycles. The maximum absolute atomic E-state index is 9.41. The van der Waals surface area contributed by atoms with Crippen LogP contribution in [0.25, 0.3) is 21.2 Å². The minimum absolute atomic E-state index is 0.0518. The maximum atomic E-state index is 9.41. The molecule has 0 unspecified atom stereocenters. The van der Waals surface area contributed by atoms with Crippen LogP contribution in [0.1, 0.15) is 11.1 Å². The van der Waals surface area contributed by atoms with Crippen molar-refractivity contribution in [1.82, 2.24) is 0 Å². The average Bonchev–Trinajstić information content (AvgIpc) is 2.98. The number of benzene rings is 2. The van der Waals surface area contributed by atoms with Crippen molar-refractivity contribution in [3.8, 4) is 16.9 Å². The Labute approximate surface area is 140 Å². The van der Waals surface area contributed by atoms with E-state index in [0.717, 1.165) is 27.8 Å². The van der Waals surface area contributed by atoms with Crippen LogP contribution in [0.15, 0.2) is 41.8 Å². The third kappa shape index (κ3) is 3.24. The van der Waals surface area contributed by atoms with Gasteiger partial charge in [-0.2, -0.15) is 0 Å². The van der Waals surface area contributed by atoms with Gasteiger partial charge >= 0.3 is 0 Å². The summed E-state index contributed by atoms with van der Waals surface area (Å²) in [5.74, 6) is 0.871. The Morgan fingerprint density at radius 1 is 1.13 bits per heavy atom. The molecule has 120 valence electrons. The third-order valence-corrected chi connectivity index (χ3v) is 4.83. The molecule has 23 heavy (non-hydrogen) atoms. The molecule has 0 atom stereocenters. The topological polar surface area (TPSA) is 38.7 Å². The summed E-state index contributed by atoms with van der Waals surface area (Å²) in [5.41, 5.74) is 4.37. The molecule has 0 saturated carbocycles. The lowest BCUT2D eigenvalue weighted by Gasteiger charge is -2.13. The van der Waals surface area contributed by atoms with Crippen LogP contribution in [0.3, 0.4) is 0 Å². The molecule has 1 aromatic heterocycles. The van der Waals surface area contributed by atoms with Crippen LogP contribution >= 0.6 is 11.3 Å². The second kappa shape index (κ2) is 7.13. The summed E-state index contributed by atoms with van der Waals surface area (Å²) < 4.78 is 12.2. The zero-order chi connectivity index (χ0) is 16.2. The second-order valence-corrected chi connectivity index (χ2v) is 6.34. The lowest BCUT2D eigenvalue weighted by Crippen LogP contribution is -2.05. The number of aliphatic hydroxyl groups excluding tert-OH is 1. The van der Waals surface area contributed by atoms with E-state index in [1.807, 2.05) is 18.2 Å². The minimum atomic E-state index is 0.0518. The number of methoxy groups -OCH3 is 1. The van der Waals surface area contributed by atoms with Crippen LogP contribution in [-0.2, 0) is 11.3 Å². The van der Waals surface area contributed by atoms with E-state index in [-0.39, 0.29) is 6.61 Å². The fraction of sp³-hybridized carbons (Fsp3) is 0.263. The van der Waals surface area contributed by atoms with Crippen LogP contribution in [0.4, 0.5) is 0 Å². The zero-order valence-corrected chi connectivity index (χ0v) is 14.2. The van der Waals surface area contributed by atoms with Gasteiger partial charge in [0.05, 0.1) is 13.2 Å². The quantitative estimate of drug-likeness (QED) is 0.682. The highest BCUT2D eigenvalue weighted by molar-refractivity contribution is 7.17. The van der Waals surface area contributed by atoms with Gasteiger partial charge in [-0.05, 0) is 41.6 Å². The second-order valence-electron chi connectivity index (χ2n) is 5.43. The fourth-order valence-corrected chi connectivity index (χ4v) is 3.64. The Kier molecular flexibility index (Phi) is 4.96. The number of aryl methyl sites for hydroxylation is 1. The molecular formula is C19H20O3S. The summed E-state index contributed by atoms with van der Waals surface area (Å²) in [7, 11) is 1.67. The number of hydrogen-bond acceptors (Lipinski definition) is 4. The van der Waals surface area contributed by atoms with Gasteiger partial charge in [0, 0.05) is 28.3 Å². The first kappa shape index (κ1) is 16.0. The van der Waals surface area contributed by atoms with E-state index in [1.54, 1.807) is 18.4 Å². The molecule has 0 saturated heterocycles. The molecule has 3 aromatic rings. The Balaban J connectivity index is 2.10. The molecule has 2 aromatic carbocycles. The normalized spacial score (nSPS) is 11.1. The van der Waals surface area contributed by atoms with Crippen molar-refractivity contribution in [2.45, 2.75) is 13.5 Å². The molecule has 0 aliphatic heterocycles. The molecule has 0 aliphatic rings. The van der Waals surface area contributed by atoms with E-state index in [9.17, 15) is 5.11 Å². The highest BCUT2D eigenvalue weighted by Gasteiger charge is 2.14. The number of rotatable bonds is 6. The van der Waals surface area contributed by atoms with Gasteiger partial charge < -0.3 is 14.6 Å². The van der Waals surface area contributed by atoms with Gasteiger partial charge in [-0.1, -0.05) is 18.2 Å². The highest BCUT2D eigenvalue weighted by atomic mass is 32.1. The predicted octanol–water partition coefficient (Wildman–Crippen LogP) is 4.39. The number of thiophene rings is 1. The SMILES string of the molecule is COCCOc1cccc(C)c1-c1csc2ccc(CO)cc12.